The van der Waals surface area contributed by atoms with Crippen LogP contribution in [-0.2, 0) is 13.0 Å². The molecule has 4 heteroatoms. The average molecular weight is 282 g/mol. The van der Waals surface area contributed by atoms with Crippen LogP contribution in [0.5, 0.6) is 11.5 Å². The predicted molar refractivity (Wildman–Crippen MR) is 81.2 cm³/mol. The Morgan fingerprint density at radius 1 is 1.14 bits per heavy atom. The van der Waals surface area contributed by atoms with E-state index in [1.54, 1.807) is 13.2 Å². The molecule has 4 nitrogen and oxygen atoms in total. The Balaban J connectivity index is 2.06. The molecule has 2 rings (SSSR count). The molecule has 2 aromatic carbocycles. The Hall–Kier alpha value is -2.51. The zero-order valence-electron chi connectivity index (χ0n) is 12.0. The summed E-state index contributed by atoms with van der Waals surface area (Å²) in [4.78, 5) is 0. The smallest absolute Gasteiger partial charge is 0.137 e. The zero-order chi connectivity index (χ0) is 15.1. The van der Waals surface area contributed by atoms with E-state index in [1.165, 1.54) is 0 Å². The number of benzene rings is 2. The lowest BCUT2D eigenvalue weighted by Gasteiger charge is -2.09. The van der Waals surface area contributed by atoms with E-state index in [2.05, 4.69) is 6.07 Å². The third-order valence-corrected chi connectivity index (χ3v) is 3.12. The van der Waals surface area contributed by atoms with E-state index in [-0.39, 0.29) is 0 Å². The topological polar surface area (TPSA) is 68.3 Å². The van der Waals surface area contributed by atoms with Gasteiger partial charge in [0.15, 0.2) is 0 Å². The number of nitrogens with two attached hydrogens (primary N) is 1. The van der Waals surface area contributed by atoms with Gasteiger partial charge in [0.05, 0.1) is 12.7 Å². The van der Waals surface area contributed by atoms with Gasteiger partial charge in [-0.15, -0.1) is 0 Å². The van der Waals surface area contributed by atoms with Gasteiger partial charge in [-0.3, -0.25) is 0 Å². The first-order valence-corrected chi connectivity index (χ1v) is 6.75. The first-order valence-electron chi connectivity index (χ1n) is 6.75. The van der Waals surface area contributed by atoms with Crippen molar-refractivity contribution in [3.8, 4) is 17.6 Å². The third-order valence-electron chi connectivity index (χ3n) is 3.12. The summed E-state index contributed by atoms with van der Waals surface area (Å²) in [6.45, 7) is 1.05. The van der Waals surface area contributed by atoms with Gasteiger partial charge in [-0.05, 0) is 48.4 Å². The van der Waals surface area contributed by atoms with E-state index in [9.17, 15) is 0 Å². The van der Waals surface area contributed by atoms with Crippen molar-refractivity contribution in [3.63, 3.8) is 0 Å². The number of methoxy groups -OCH3 is 1. The summed E-state index contributed by atoms with van der Waals surface area (Å²) in [6, 6.07) is 15.4. The summed E-state index contributed by atoms with van der Waals surface area (Å²) < 4.78 is 11.0. The fourth-order valence-electron chi connectivity index (χ4n) is 2.04. The average Bonchev–Trinajstić information content (AvgIpc) is 2.53. The SMILES string of the molecule is COc1cc(COc2cccc(CCN)c2)ccc1C#N. The molecule has 2 N–H and O–H groups in total. The molecular formula is C17H18N2O2. The molecule has 0 bridgehead atoms. The Bertz CT molecular complexity index is 647. The van der Waals surface area contributed by atoms with Crippen molar-refractivity contribution in [2.75, 3.05) is 13.7 Å². The van der Waals surface area contributed by atoms with Crippen LogP contribution in [0.2, 0.25) is 0 Å². The third kappa shape index (κ3) is 3.98. The Kier molecular flexibility index (Phi) is 5.19. The molecule has 0 unspecified atom stereocenters. The van der Waals surface area contributed by atoms with Gasteiger partial charge in [0.2, 0.25) is 0 Å². The van der Waals surface area contributed by atoms with Crippen molar-refractivity contribution in [2.24, 2.45) is 5.73 Å². The second-order valence-corrected chi connectivity index (χ2v) is 4.62. The van der Waals surface area contributed by atoms with E-state index in [1.807, 2.05) is 36.4 Å². The van der Waals surface area contributed by atoms with Crippen LogP contribution in [-0.4, -0.2) is 13.7 Å². The molecule has 0 aliphatic heterocycles. The lowest BCUT2D eigenvalue weighted by Crippen LogP contribution is -2.03. The second-order valence-electron chi connectivity index (χ2n) is 4.62. The van der Waals surface area contributed by atoms with Crippen LogP contribution in [0.4, 0.5) is 0 Å². The van der Waals surface area contributed by atoms with Gasteiger partial charge in [-0.25, -0.2) is 0 Å². The summed E-state index contributed by atoms with van der Waals surface area (Å²) in [6.07, 6.45) is 0.835. The molecule has 0 aliphatic carbocycles. The van der Waals surface area contributed by atoms with Gasteiger partial charge in [-0.2, -0.15) is 5.26 Å². The molecule has 0 amide bonds. The molecule has 0 radical (unpaired) electrons. The molecule has 0 saturated heterocycles. The van der Waals surface area contributed by atoms with Crippen LogP contribution < -0.4 is 15.2 Å². The molecule has 0 fully saturated rings. The quantitative estimate of drug-likeness (QED) is 0.884. The maximum atomic E-state index is 8.96. The van der Waals surface area contributed by atoms with E-state index in [4.69, 9.17) is 20.5 Å². The van der Waals surface area contributed by atoms with E-state index < -0.39 is 0 Å². The van der Waals surface area contributed by atoms with E-state index in [0.29, 0.717) is 24.5 Å². The van der Waals surface area contributed by atoms with Crippen LogP contribution >= 0.6 is 0 Å². The Labute approximate surface area is 124 Å². The van der Waals surface area contributed by atoms with Crippen molar-refractivity contribution in [2.45, 2.75) is 13.0 Å². The van der Waals surface area contributed by atoms with Gasteiger partial charge >= 0.3 is 0 Å². The predicted octanol–water partition coefficient (Wildman–Crippen LogP) is 2.65. The molecule has 2 aromatic rings. The van der Waals surface area contributed by atoms with Crippen LogP contribution in [0.1, 0.15) is 16.7 Å². The van der Waals surface area contributed by atoms with Crippen molar-refractivity contribution in [1.29, 1.82) is 5.26 Å². The summed E-state index contributed by atoms with van der Waals surface area (Å²) in [7, 11) is 1.55. The molecular weight excluding hydrogens is 264 g/mol. The van der Waals surface area contributed by atoms with Gasteiger partial charge < -0.3 is 15.2 Å². The minimum absolute atomic E-state index is 0.425. The largest absolute Gasteiger partial charge is 0.495 e. The molecule has 108 valence electrons. The molecule has 21 heavy (non-hydrogen) atoms. The molecule has 0 saturated carbocycles. The van der Waals surface area contributed by atoms with Crippen LogP contribution in [0, 0.1) is 11.3 Å². The standard InChI is InChI=1S/C17H18N2O2/c1-20-17-10-14(5-6-15(17)11-19)12-21-16-4-2-3-13(9-16)7-8-18/h2-6,9-10H,7-8,12,18H2,1H3. The highest BCUT2D eigenvalue weighted by molar-refractivity contribution is 5.45. The van der Waals surface area contributed by atoms with Gasteiger partial charge in [0.25, 0.3) is 0 Å². The first-order chi connectivity index (χ1) is 10.3. The second kappa shape index (κ2) is 7.32. The van der Waals surface area contributed by atoms with Crippen molar-refractivity contribution >= 4 is 0 Å². The van der Waals surface area contributed by atoms with E-state index >= 15 is 0 Å². The van der Waals surface area contributed by atoms with Crippen LogP contribution in [0.3, 0.4) is 0 Å². The van der Waals surface area contributed by atoms with Crippen molar-refractivity contribution in [1.82, 2.24) is 0 Å². The number of nitriles is 1. The summed E-state index contributed by atoms with van der Waals surface area (Å²) >= 11 is 0. The van der Waals surface area contributed by atoms with Crippen LogP contribution in [0.25, 0.3) is 0 Å². The first kappa shape index (κ1) is 14.9. The fourth-order valence-corrected chi connectivity index (χ4v) is 2.04. The zero-order valence-corrected chi connectivity index (χ0v) is 12.0. The molecule has 0 aliphatic rings. The molecule has 0 atom stereocenters. The maximum absolute atomic E-state index is 8.96. The number of ether oxygens (including phenoxy) is 2. The summed E-state index contributed by atoms with van der Waals surface area (Å²) in [5, 5.41) is 8.96. The lowest BCUT2D eigenvalue weighted by molar-refractivity contribution is 0.305. The summed E-state index contributed by atoms with van der Waals surface area (Å²) in [5.41, 5.74) is 8.19. The van der Waals surface area contributed by atoms with Crippen LogP contribution in [0.15, 0.2) is 42.5 Å². The number of rotatable bonds is 6. The monoisotopic (exact) mass is 282 g/mol. The summed E-state index contributed by atoms with van der Waals surface area (Å²) in [5.74, 6) is 1.37. The maximum Gasteiger partial charge on any atom is 0.137 e. The molecule has 0 aromatic heterocycles. The highest BCUT2D eigenvalue weighted by Crippen LogP contribution is 2.21. The van der Waals surface area contributed by atoms with E-state index in [0.717, 1.165) is 23.3 Å². The number of nitrogens with zero attached hydrogens (tertiary/aromatic N) is 1. The highest BCUT2D eigenvalue weighted by Gasteiger charge is 2.04. The minimum atomic E-state index is 0.425. The van der Waals surface area contributed by atoms with Crippen molar-refractivity contribution < 1.29 is 9.47 Å². The molecule has 0 spiro atoms. The number of hydrogen-bond acceptors (Lipinski definition) is 4. The molecule has 0 heterocycles. The fraction of sp³-hybridized carbons (Fsp3) is 0.235. The minimum Gasteiger partial charge on any atom is -0.495 e. The van der Waals surface area contributed by atoms with Gasteiger partial charge in [0, 0.05) is 0 Å². The Morgan fingerprint density at radius 2 is 2.00 bits per heavy atom. The normalized spacial score (nSPS) is 9.95. The number of hydrogen-bond donors (Lipinski definition) is 1. The Morgan fingerprint density at radius 3 is 2.71 bits per heavy atom. The van der Waals surface area contributed by atoms with Gasteiger partial charge in [0.1, 0.15) is 24.2 Å². The van der Waals surface area contributed by atoms with Gasteiger partial charge in [-0.1, -0.05) is 18.2 Å². The highest BCUT2D eigenvalue weighted by atomic mass is 16.5. The van der Waals surface area contributed by atoms with Crippen molar-refractivity contribution in [3.05, 3.63) is 59.2 Å². The lowest BCUT2D eigenvalue weighted by atomic mass is 10.1.